The van der Waals surface area contributed by atoms with Crippen LogP contribution in [0.1, 0.15) is 36.0 Å². The molecule has 0 unspecified atom stereocenters. The first-order chi connectivity index (χ1) is 21.1. The van der Waals surface area contributed by atoms with E-state index in [9.17, 15) is 34.8 Å². The van der Waals surface area contributed by atoms with Crippen molar-refractivity contribution in [3.8, 4) is 11.5 Å². The van der Waals surface area contributed by atoms with E-state index in [1.807, 2.05) is 18.2 Å². The predicted molar refractivity (Wildman–Crippen MR) is 157 cm³/mol. The van der Waals surface area contributed by atoms with Gasteiger partial charge in [-0.25, -0.2) is 0 Å². The minimum atomic E-state index is -2.70. The monoisotopic (exact) mass is 605 g/mol. The fraction of sp³-hybridized carbons (Fsp3) is 0.469. The van der Waals surface area contributed by atoms with Gasteiger partial charge in [-0.3, -0.25) is 19.3 Å². The van der Waals surface area contributed by atoms with Crippen LogP contribution in [0.15, 0.2) is 35.1 Å². The third kappa shape index (κ3) is 4.08. The molecule has 2 aromatic rings. The second kappa shape index (κ2) is 10.3. The molecular weight excluding hydrogens is 570 g/mol. The number of carbonyl (C=O) groups excluding carboxylic acids is 3. The molecule has 12 nitrogen and oxygen atoms in total. The molecule has 1 aliphatic heterocycles. The lowest BCUT2D eigenvalue weighted by molar-refractivity contribution is -0.157. The number of morpholine rings is 1. The van der Waals surface area contributed by atoms with Crippen LogP contribution in [0.5, 0.6) is 11.5 Å². The van der Waals surface area contributed by atoms with Crippen LogP contribution in [0.3, 0.4) is 0 Å². The Hall–Kier alpha value is -3.97. The second-order valence-corrected chi connectivity index (χ2v) is 12.4. The number of fused-ring (bicyclic) bond motifs is 4. The van der Waals surface area contributed by atoms with Crippen molar-refractivity contribution in [1.82, 2.24) is 10.2 Å². The number of hydrogen-bond acceptors (Lipinski definition) is 11. The molecule has 2 saturated carbocycles. The number of nitrogens with zero attached hydrogens (tertiary/aromatic N) is 1. The van der Waals surface area contributed by atoms with Gasteiger partial charge in [-0.2, -0.15) is 0 Å². The molecule has 1 amide bonds. The Morgan fingerprint density at radius 1 is 1.16 bits per heavy atom. The Kier molecular flexibility index (Phi) is 6.74. The van der Waals surface area contributed by atoms with E-state index in [1.54, 1.807) is 4.90 Å². The maximum Gasteiger partial charge on any atom is 0.255 e. The molecule has 1 saturated heterocycles. The van der Waals surface area contributed by atoms with Gasteiger partial charge >= 0.3 is 0 Å². The number of nitrogens with one attached hydrogen (secondary N) is 1. The topological polar surface area (TPSA) is 192 Å². The smallest absolute Gasteiger partial charge is 0.255 e. The summed E-state index contributed by atoms with van der Waals surface area (Å²) in [7, 11) is 1.50. The standard InChI is InChI=1S/C32H35N3O9/c1-43-28-17-5-2-14(13-34-16-3-4-16)10-18(17)25(36)22-19(28)11-15-12-20-24(35-6-8-44-9-7-35)27(38)23(31(33)41)30(40)32(20,42)29(39)21(15)26(22)37/h2,5,10,15-16,20,24,34,36-37,40,42H,3-4,6-9,11-13H2,1H3,(H2,33,41)/t15-,20-,24-,32-/m0/s1. The van der Waals surface area contributed by atoms with Gasteiger partial charge in [0.1, 0.15) is 28.6 Å². The van der Waals surface area contributed by atoms with Crippen molar-refractivity contribution in [1.29, 1.82) is 0 Å². The van der Waals surface area contributed by atoms with E-state index < -0.39 is 58.0 Å². The summed E-state index contributed by atoms with van der Waals surface area (Å²) < 4.78 is 11.3. The van der Waals surface area contributed by atoms with Gasteiger partial charge in [0, 0.05) is 53.5 Å². The molecule has 0 spiro atoms. The van der Waals surface area contributed by atoms with Gasteiger partial charge in [0.15, 0.2) is 11.4 Å². The number of rotatable bonds is 6. The van der Waals surface area contributed by atoms with E-state index in [0.29, 0.717) is 61.0 Å². The fourth-order valence-electron chi connectivity index (χ4n) is 7.70. The van der Waals surface area contributed by atoms with E-state index in [-0.39, 0.29) is 29.7 Å². The fourth-order valence-corrected chi connectivity index (χ4v) is 7.70. The van der Waals surface area contributed by atoms with Crippen LogP contribution in [0.4, 0.5) is 0 Å². The first-order valence-corrected chi connectivity index (χ1v) is 15.0. The van der Waals surface area contributed by atoms with Gasteiger partial charge in [-0.15, -0.1) is 0 Å². The number of hydrogen-bond donors (Lipinski definition) is 6. The largest absolute Gasteiger partial charge is 0.508 e. The van der Waals surface area contributed by atoms with Crippen molar-refractivity contribution in [3.05, 3.63) is 51.8 Å². The SMILES string of the molecule is COc1c2c(c(O)c3cc(CNC4CC4)ccc13)C(O)=C1C(=O)[C@]3(O)C(O)=C(C(N)=O)C(=O)[C@@H](N4CCOCC4)[C@@H]3C[C@@H]1C2. The van der Waals surface area contributed by atoms with Gasteiger partial charge in [0.05, 0.1) is 31.9 Å². The molecule has 4 atom stereocenters. The molecule has 12 heteroatoms. The summed E-state index contributed by atoms with van der Waals surface area (Å²) in [5.74, 6) is -6.34. The molecular formula is C32H35N3O9. The summed E-state index contributed by atoms with van der Waals surface area (Å²) >= 11 is 0. The molecule has 1 heterocycles. The van der Waals surface area contributed by atoms with Crippen LogP contribution in [0.2, 0.25) is 0 Å². The lowest BCUT2D eigenvalue weighted by Gasteiger charge is -2.51. The number of Topliss-reactive ketones (excluding diaryl/α,β-unsaturated/α-hetero) is 2. The van der Waals surface area contributed by atoms with Crippen LogP contribution >= 0.6 is 0 Å². The van der Waals surface area contributed by atoms with E-state index in [1.165, 1.54) is 7.11 Å². The van der Waals surface area contributed by atoms with Gasteiger partial charge < -0.3 is 41.0 Å². The van der Waals surface area contributed by atoms with Crippen molar-refractivity contribution >= 4 is 34.0 Å². The van der Waals surface area contributed by atoms with Gasteiger partial charge in [-0.1, -0.05) is 12.1 Å². The summed E-state index contributed by atoms with van der Waals surface area (Å²) in [6, 6.07) is 4.97. The highest BCUT2D eigenvalue weighted by atomic mass is 16.5. The molecule has 4 aliphatic carbocycles. The van der Waals surface area contributed by atoms with Crippen molar-refractivity contribution in [2.75, 3.05) is 33.4 Å². The van der Waals surface area contributed by atoms with Crippen molar-refractivity contribution in [2.24, 2.45) is 17.6 Å². The zero-order valence-corrected chi connectivity index (χ0v) is 24.3. The summed E-state index contributed by atoms with van der Waals surface area (Å²) in [5.41, 5.74) is 3.20. The number of benzene rings is 2. The Balaban J connectivity index is 1.39. The van der Waals surface area contributed by atoms with Gasteiger partial charge in [0.25, 0.3) is 5.91 Å². The van der Waals surface area contributed by atoms with Gasteiger partial charge in [0.2, 0.25) is 5.78 Å². The summed E-state index contributed by atoms with van der Waals surface area (Å²) in [6.45, 7) is 1.80. The summed E-state index contributed by atoms with van der Waals surface area (Å²) in [6.07, 6.45) is 2.41. The lowest BCUT2D eigenvalue weighted by Crippen LogP contribution is -2.67. The number of aromatic hydroxyl groups is 1. The normalized spacial score (nSPS) is 29.0. The summed E-state index contributed by atoms with van der Waals surface area (Å²) in [4.78, 5) is 42.1. The lowest BCUT2D eigenvalue weighted by atomic mass is 9.57. The Morgan fingerprint density at radius 3 is 2.55 bits per heavy atom. The predicted octanol–water partition coefficient (Wildman–Crippen LogP) is 1.15. The van der Waals surface area contributed by atoms with Crippen LogP contribution in [0, 0.1) is 11.8 Å². The molecule has 7 N–H and O–H groups in total. The number of ether oxygens (including phenoxy) is 2. The second-order valence-electron chi connectivity index (χ2n) is 12.4. The number of methoxy groups -OCH3 is 1. The molecule has 44 heavy (non-hydrogen) atoms. The first kappa shape index (κ1) is 28.8. The maximum atomic E-state index is 14.3. The number of phenolic OH excluding ortho intramolecular Hbond substituents is 1. The minimum absolute atomic E-state index is 0.0125. The Labute approximate surface area is 252 Å². The molecule has 0 aromatic heterocycles. The third-order valence-corrected chi connectivity index (χ3v) is 9.97. The number of primary amides is 1. The minimum Gasteiger partial charge on any atom is -0.508 e. The molecule has 0 radical (unpaired) electrons. The number of carbonyl (C=O) groups is 3. The average Bonchev–Trinajstić information content (AvgIpc) is 3.83. The third-order valence-electron chi connectivity index (χ3n) is 9.97. The van der Waals surface area contributed by atoms with Crippen LogP contribution in [-0.2, 0) is 32.1 Å². The molecule has 3 fully saturated rings. The number of phenols is 1. The molecule has 2 aromatic carbocycles. The molecule has 232 valence electrons. The van der Waals surface area contributed by atoms with Gasteiger partial charge in [-0.05, 0) is 43.2 Å². The zero-order valence-electron chi connectivity index (χ0n) is 24.3. The van der Waals surface area contributed by atoms with Crippen molar-refractivity contribution in [2.45, 2.75) is 49.9 Å². The highest BCUT2D eigenvalue weighted by Crippen LogP contribution is 2.55. The van der Waals surface area contributed by atoms with E-state index in [2.05, 4.69) is 5.32 Å². The number of aliphatic hydroxyl groups excluding tert-OH is 2. The van der Waals surface area contributed by atoms with Crippen LogP contribution in [-0.4, -0.2) is 93.9 Å². The zero-order chi connectivity index (χ0) is 31.1. The van der Waals surface area contributed by atoms with E-state index in [4.69, 9.17) is 15.2 Å². The molecule has 0 bridgehead atoms. The number of aliphatic hydroxyl groups is 3. The van der Waals surface area contributed by atoms with Crippen molar-refractivity contribution < 1.29 is 44.3 Å². The molecule has 7 rings (SSSR count). The van der Waals surface area contributed by atoms with Crippen LogP contribution in [0.25, 0.3) is 16.5 Å². The van der Waals surface area contributed by atoms with E-state index in [0.717, 1.165) is 18.4 Å². The Morgan fingerprint density at radius 2 is 1.89 bits per heavy atom. The number of nitrogens with two attached hydrogens (primary N) is 1. The molecule has 5 aliphatic rings. The maximum absolute atomic E-state index is 14.3. The first-order valence-electron chi connectivity index (χ1n) is 15.0. The quantitative estimate of drug-likeness (QED) is 0.259. The Bertz CT molecular complexity index is 1690. The number of amides is 1. The highest BCUT2D eigenvalue weighted by Gasteiger charge is 2.64. The average molecular weight is 606 g/mol. The highest BCUT2D eigenvalue weighted by molar-refractivity contribution is 6.24. The van der Waals surface area contributed by atoms with Crippen LogP contribution < -0.4 is 15.8 Å². The summed E-state index contributed by atoms with van der Waals surface area (Å²) in [5, 5.41) is 51.0. The van der Waals surface area contributed by atoms with Crippen molar-refractivity contribution in [3.63, 3.8) is 0 Å². The number of ketones is 2. The van der Waals surface area contributed by atoms with E-state index >= 15 is 0 Å².